The van der Waals surface area contributed by atoms with Gasteiger partial charge in [0.15, 0.2) is 0 Å². The van der Waals surface area contributed by atoms with Crippen molar-refractivity contribution in [2.75, 3.05) is 13.1 Å². The summed E-state index contributed by atoms with van der Waals surface area (Å²) in [6.07, 6.45) is 1.94. The Balaban J connectivity index is 2.11. The van der Waals surface area contributed by atoms with Gasteiger partial charge in [-0.3, -0.25) is 9.78 Å². The van der Waals surface area contributed by atoms with E-state index in [1.807, 2.05) is 26.0 Å². The number of piperidine rings is 1. The maximum atomic E-state index is 12.3. The lowest BCUT2D eigenvalue weighted by atomic mass is 9.90. The number of rotatable bonds is 2. The molecule has 1 saturated heterocycles. The minimum absolute atomic E-state index is 0.00981. The van der Waals surface area contributed by atoms with E-state index in [2.05, 4.69) is 22.5 Å². The Bertz CT molecular complexity index is 450. The Morgan fingerprint density at radius 2 is 2.00 bits per heavy atom. The van der Waals surface area contributed by atoms with Gasteiger partial charge in [0.1, 0.15) is 0 Å². The SMILES string of the molecule is Cc1ccc(C(=O)NC2(C)CCNCC2)c(C)n1. The summed E-state index contributed by atoms with van der Waals surface area (Å²) in [6.45, 7) is 7.85. The van der Waals surface area contributed by atoms with Gasteiger partial charge in [-0.1, -0.05) is 0 Å². The molecule has 2 heterocycles. The largest absolute Gasteiger partial charge is 0.347 e. The minimum atomic E-state index is -0.0976. The molecule has 1 aromatic rings. The number of hydrogen-bond donors (Lipinski definition) is 2. The van der Waals surface area contributed by atoms with Gasteiger partial charge in [-0.15, -0.1) is 0 Å². The number of hydrogen-bond acceptors (Lipinski definition) is 3. The van der Waals surface area contributed by atoms with Crippen LogP contribution in [0, 0.1) is 13.8 Å². The number of aromatic nitrogens is 1. The van der Waals surface area contributed by atoms with Crippen molar-refractivity contribution in [3.05, 3.63) is 29.1 Å². The van der Waals surface area contributed by atoms with E-state index in [0.717, 1.165) is 37.3 Å². The highest BCUT2D eigenvalue weighted by atomic mass is 16.1. The Labute approximate surface area is 108 Å². The van der Waals surface area contributed by atoms with Gasteiger partial charge in [-0.05, 0) is 58.8 Å². The minimum Gasteiger partial charge on any atom is -0.347 e. The predicted molar refractivity (Wildman–Crippen MR) is 71.7 cm³/mol. The summed E-state index contributed by atoms with van der Waals surface area (Å²) in [4.78, 5) is 16.6. The monoisotopic (exact) mass is 247 g/mol. The number of carbonyl (C=O) groups is 1. The van der Waals surface area contributed by atoms with Crippen LogP contribution in [0.5, 0.6) is 0 Å². The first kappa shape index (κ1) is 13.0. The van der Waals surface area contributed by atoms with Crippen LogP contribution in [-0.4, -0.2) is 29.5 Å². The number of nitrogens with one attached hydrogen (secondary N) is 2. The fourth-order valence-electron chi connectivity index (χ4n) is 2.37. The lowest BCUT2D eigenvalue weighted by molar-refractivity contribution is 0.0886. The second-order valence-electron chi connectivity index (χ2n) is 5.35. The highest BCUT2D eigenvalue weighted by molar-refractivity contribution is 5.95. The number of pyridine rings is 1. The van der Waals surface area contributed by atoms with E-state index in [1.54, 1.807) is 0 Å². The molecule has 0 atom stereocenters. The highest BCUT2D eigenvalue weighted by Crippen LogP contribution is 2.18. The number of carbonyl (C=O) groups excluding carboxylic acids is 1. The van der Waals surface area contributed by atoms with Crippen LogP contribution < -0.4 is 10.6 Å². The molecule has 1 fully saturated rings. The smallest absolute Gasteiger partial charge is 0.253 e. The summed E-state index contributed by atoms with van der Waals surface area (Å²) < 4.78 is 0. The lowest BCUT2D eigenvalue weighted by Crippen LogP contribution is -2.52. The Morgan fingerprint density at radius 1 is 1.33 bits per heavy atom. The molecule has 2 rings (SSSR count). The fraction of sp³-hybridized carbons (Fsp3) is 0.571. The molecule has 98 valence electrons. The lowest BCUT2D eigenvalue weighted by Gasteiger charge is -2.35. The van der Waals surface area contributed by atoms with Crippen molar-refractivity contribution < 1.29 is 4.79 Å². The molecule has 1 aromatic heterocycles. The van der Waals surface area contributed by atoms with Gasteiger partial charge in [-0.25, -0.2) is 0 Å². The van der Waals surface area contributed by atoms with E-state index in [-0.39, 0.29) is 11.4 Å². The zero-order valence-corrected chi connectivity index (χ0v) is 11.3. The summed E-state index contributed by atoms with van der Waals surface area (Å²) in [5, 5.41) is 6.46. The molecule has 0 saturated carbocycles. The molecule has 1 amide bonds. The zero-order valence-electron chi connectivity index (χ0n) is 11.3. The van der Waals surface area contributed by atoms with Crippen molar-refractivity contribution in [2.45, 2.75) is 39.2 Å². The Kier molecular flexibility index (Phi) is 3.66. The second-order valence-corrected chi connectivity index (χ2v) is 5.35. The van der Waals surface area contributed by atoms with Gasteiger partial charge < -0.3 is 10.6 Å². The van der Waals surface area contributed by atoms with E-state index in [0.29, 0.717) is 5.56 Å². The van der Waals surface area contributed by atoms with Gasteiger partial charge >= 0.3 is 0 Å². The van der Waals surface area contributed by atoms with Crippen molar-refractivity contribution in [1.82, 2.24) is 15.6 Å². The van der Waals surface area contributed by atoms with Gasteiger partial charge in [0.05, 0.1) is 11.3 Å². The third-order valence-corrected chi connectivity index (χ3v) is 3.59. The summed E-state index contributed by atoms with van der Waals surface area (Å²) in [5.41, 5.74) is 2.32. The number of nitrogens with zero attached hydrogens (tertiary/aromatic N) is 1. The molecular formula is C14H21N3O. The molecule has 0 radical (unpaired) electrons. The second kappa shape index (κ2) is 5.06. The highest BCUT2D eigenvalue weighted by Gasteiger charge is 2.29. The van der Waals surface area contributed by atoms with Crippen LogP contribution in [0.3, 0.4) is 0 Å². The molecule has 0 aliphatic carbocycles. The molecule has 4 heteroatoms. The molecule has 0 unspecified atom stereocenters. The molecule has 0 aromatic carbocycles. The normalized spacial score (nSPS) is 18.4. The molecule has 4 nitrogen and oxygen atoms in total. The third-order valence-electron chi connectivity index (χ3n) is 3.59. The molecule has 0 bridgehead atoms. The average Bonchev–Trinajstić information content (AvgIpc) is 2.28. The van der Waals surface area contributed by atoms with Crippen LogP contribution in [0.15, 0.2) is 12.1 Å². The molecule has 1 aliphatic rings. The van der Waals surface area contributed by atoms with Crippen molar-refractivity contribution in [3.8, 4) is 0 Å². The number of aryl methyl sites for hydroxylation is 2. The van der Waals surface area contributed by atoms with Crippen molar-refractivity contribution in [2.24, 2.45) is 0 Å². The van der Waals surface area contributed by atoms with E-state index in [1.165, 1.54) is 0 Å². The van der Waals surface area contributed by atoms with Crippen molar-refractivity contribution in [3.63, 3.8) is 0 Å². The summed E-state index contributed by atoms with van der Waals surface area (Å²) in [7, 11) is 0. The topological polar surface area (TPSA) is 54.0 Å². The maximum absolute atomic E-state index is 12.3. The van der Waals surface area contributed by atoms with E-state index >= 15 is 0 Å². The standard InChI is InChI=1S/C14H21N3O/c1-10-4-5-12(11(2)16-10)13(18)17-14(3)6-8-15-9-7-14/h4-5,15H,6-9H2,1-3H3,(H,17,18). The first-order valence-electron chi connectivity index (χ1n) is 6.48. The third kappa shape index (κ3) is 2.88. The van der Waals surface area contributed by atoms with Crippen LogP contribution in [0.25, 0.3) is 0 Å². The van der Waals surface area contributed by atoms with Gasteiger partial charge in [0.2, 0.25) is 0 Å². The Hall–Kier alpha value is -1.42. The first-order chi connectivity index (χ1) is 8.50. The maximum Gasteiger partial charge on any atom is 0.253 e. The van der Waals surface area contributed by atoms with Crippen LogP contribution in [0.4, 0.5) is 0 Å². The van der Waals surface area contributed by atoms with E-state index in [9.17, 15) is 4.79 Å². The fourth-order valence-corrected chi connectivity index (χ4v) is 2.37. The Morgan fingerprint density at radius 3 is 2.61 bits per heavy atom. The van der Waals surface area contributed by atoms with Crippen molar-refractivity contribution >= 4 is 5.91 Å². The van der Waals surface area contributed by atoms with Crippen LogP contribution >= 0.6 is 0 Å². The van der Waals surface area contributed by atoms with Gasteiger partial charge in [0, 0.05) is 11.2 Å². The molecule has 2 N–H and O–H groups in total. The van der Waals surface area contributed by atoms with Crippen LogP contribution in [-0.2, 0) is 0 Å². The van der Waals surface area contributed by atoms with E-state index in [4.69, 9.17) is 0 Å². The summed E-state index contributed by atoms with van der Waals surface area (Å²) in [5.74, 6) is -0.00981. The van der Waals surface area contributed by atoms with Gasteiger partial charge in [-0.2, -0.15) is 0 Å². The van der Waals surface area contributed by atoms with Crippen molar-refractivity contribution in [1.29, 1.82) is 0 Å². The van der Waals surface area contributed by atoms with Gasteiger partial charge in [0.25, 0.3) is 5.91 Å². The average molecular weight is 247 g/mol. The molecule has 1 aliphatic heterocycles. The molecular weight excluding hydrogens is 226 g/mol. The van der Waals surface area contributed by atoms with E-state index < -0.39 is 0 Å². The first-order valence-corrected chi connectivity index (χ1v) is 6.48. The zero-order chi connectivity index (χ0) is 13.2. The van der Waals surface area contributed by atoms with Crippen LogP contribution in [0.1, 0.15) is 41.5 Å². The molecule has 0 spiro atoms. The quantitative estimate of drug-likeness (QED) is 0.834. The van der Waals surface area contributed by atoms with Crippen LogP contribution in [0.2, 0.25) is 0 Å². The number of amides is 1. The summed E-state index contributed by atoms with van der Waals surface area (Å²) >= 11 is 0. The summed E-state index contributed by atoms with van der Waals surface area (Å²) in [6, 6.07) is 3.74. The predicted octanol–water partition coefficient (Wildman–Crippen LogP) is 1.57. The molecule has 18 heavy (non-hydrogen) atoms.